The van der Waals surface area contributed by atoms with Crippen molar-refractivity contribution in [1.82, 2.24) is 24.7 Å². The van der Waals surface area contributed by atoms with Crippen molar-refractivity contribution in [2.45, 2.75) is 77.0 Å². The minimum absolute atomic E-state index is 0.618. The summed E-state index contributed by atoms with van der Waals surface area (Å²) in [5.41, 5.74) is 3.75. The van der Waals surface area contributed by atoms with E-state index in [1.54, 1.807) is 0 Å². The fraction of sp³-hybridized carbons (Fsp3) is 0.714. The molecule has 0 aromatic carbocycles. The zero-order valence-electron chi connectivity index (χ0n) is 16.3. The molecule has 0 N–H and O–H groups in total. The van der Waals surface area contributed by atoms with Crippen LogP contribution in [-0.2, 0) is 26.2 Å². The predicted octanol–water partition coefficient (Wildman–Crippen LogP) is 3.53. The van der Waals surface area contributed by atoms with Crippen LogP contribution in [0.1, 0.15) is 73.7 Å². The molecule has 1 saturated heterocycles. The number of hydrogen-bond acceptors (Lipinski definition) is 5. The molecule has 5 rings (SSSR count). The molecule has 0 bridgehead atoms. The summed E-state index contributed by atoms with van der Waals surface area (Å²) in [5, 5.41) is 9.22. The predicted molar refractivity (Wildman–Crippen MR) is 103 cm³/mol. The zero-order chi connectivity index (χ0) is 18.1. The van der Waals surface area contributed by atoms with Gasteiger partial charge in [0.1, 0.15) is 0 Å². The third-order valence-electron chi connectivity index (χ3n) is 6.49. The van der Waals surface area contributed by atoms with Gasteiger partial charge in [0.2, 0.25) is 0 Å². The zero-order valence-corrected chi connectivity index (χ0v) is 16.3. The van der Waals surface area contributed by atoms with Crippen LogP contribution in [0, 0.1) is 0 Å². The minimum Gasteiger partial charge on any atom is -0.360 e. The van der Waals surface area contributed by atoms with E-state index in [-0.39, 0.29) is 0 Å². The van der Waals surface area contributed by atoms with Crippen molar-refractivity contribution in [3.63, 3.8) is 0 Å². The van der Waals surface area contributed by atoms with Crippen LogP contribution < -0.4 is 0 Å². The largest absolute Gasteiger partial charge is 0.360 e. The number of likely N-dealkylation sites (tertiary alicyclic amines) is 1. The van der Waals surface area contributed by atoms with Gasteiger partial charge in [0, 0.05) is 31.6 Å². The molecule has 2 aliphatic heterocycles. The van der Waals surface area contributed by atoms with E-state index in [2.05, 4.69) is 31.8 Å². The fourth-order valence-electron chi connectivity index (χ4n) is 4.98. The summed E-state index contributed by atoms with van der Waals surface area (Å²) in [5.74, 6) is 1.63. The van der Waals surface area contributed by atoms with Gasteiger partial charge in [-0.15, -0.1) is 0 Å². The minimum atomic E-state index is 0.618. The summed E-state index contributed by atoms with van der Waals surface area (Å²) < 4.78 is 7.89. The lowest BCUT2D eigenvalue weighted by Gasteiger charge is -2.26. The maximum Gasteiger partial charge on any atom is 0.150 e. The van der Waals surface area contributed by atoms with Gasteiger partial charge < -0.3 is 4.52 Å². The number of fused-ring (bicyclic) bond motifs is 1. The average Bonchev–Trinajstić information content (AvgIpc) is 3.43. The molecule has 0 spiro atoms. The Labute approximate surface area is 161 Å². The standard InChI is InChI=1S/C21H31N5O/c1-2-6-17(7-3-1)21-13-20(27-23-21)16-25-10-11-26-19(15-25)12-18(22-26)14-24-8-4-5-9-24/h12-13,17H,1-11,14-16H2. The van der Waals surface area contributed by atoms with Gasteiger partial charge in [-0.2, -0.15) is 5.10 Å². The first-order valence-corrected chi connectivity index (χ1v) is 10.8. The Morgan fingerprint density at radius 1 is 0.889 bits per heavy atom. The van der Waals surface area contributed by atoms with Crippen molar-refractivity contribution in [2.75, 3.05) is 19.6 Å². The molecule has 1 saturated carbocycles. The molecule has 6 heteroatoms. The van der Waals surface area contributed by atoms with Crippen LogP contribution in [0.5, 0.6) is 0 Å². The molecule has 146 valence electrons. The molecular formula is C21H31N5O. The normalized spacial score (nSPS) is 22.4. The summed E-state index contributed by atoms with van der Waals surface area (Å²) in [6.45, 7) is 7.26. The highest BCUT2D eigenvalue weighted by molar-refractivity contribution is 5.14. The van der Waals surface area contributed by atoms with E-state index in [9.17, 15) is 0 Å². The molecule has 6 nitrogen and oxygen atoms in total. The topological polar surface area (TPSA) is 50.3 Å². The molecule has 0 atom stereocenters. The molecule has 1 aliphatic carbocycles. The molecule has 2 aromatic heterocycles. The second kappa shape index (κ2) is 7.76. The summed E-state index contributed by atoms with van der Waals surface area (Å²) in [4.78, 5) is 4.98. The summed E-state index contributed by atoms with van der Waals surface area (Å²) in [7, 11) is 0. The van der Waals surface area contributed by atoms with Crippen LogP contribution >= 0.6 is 0 Å². The molecule has 0 amide bonds. The lowest BCUT2D eigenvalue weighted by atomic mass is 9.87. The molecular weight excluding hydrogens is 338 g/mol. The lowest BCUT2D eigenvalue weighted by Crippen LogP contribution is -2.33. The Morgan fingerprint density at radius 2 is 1.74 bits per heavy atom. The first-order valence-electron chi connectivity index (χ1n) is 10.8. The molecule has 27 heavy (non-hydrogen) atoms. The van der Waals surface area contributed by atoms with E-state index in [0.29, 0.717) is 5.92 Å². The molecule has 2 fully saturated rings. The summed E-state index contributed by atoms with van der Waals surface area (Å²) in [6, 6.07) is 4.51. The quantitative estimate of drug-likeness (QED) is 0.807. The highest BCUT2D eigenvalue weighted by Crippen LogP contribution is 2.32. The van der Waals surface area contributed by atoms with E-state index >= 15 is 0 Å². The smallest absolute Gasteiger partial charge is 0.150 e. The maximum absolute atomic E-state index is 5.68. The van der Waals surface area contributed by atoms with E-state index in [0.717, 1.165) is 38.5 Å². The van der Waals surface area contributed by atoms with Gasteiger partial charge in [-0.1, -0.05) is 24.4 Å². The third-order valence-corrected chi connectivity index (χ3v) is 6.49. The van der Waals surface area contributed by atoms with Crippen molar-refractivity contribution in [3.05, 3.63) is 35.0 Å². The van der Waals surface area contributed by atoms with E-state index in [1.807, 2.05) is 0 Å². The van der Waals surface area contributed by atoms with E-state index in [4.69, 9.17) is 9.62 Å². The molecule has 3 aliphatic rings. The van der Waals surface area contributed by atoms with Crippen LogP contribution in [0.4, 0.5) is 0 Å². The molecule has 4 heterocycles. The molecule has 2 aromatic rings. The Morgan fingerprint density at radius 3 is 2.59 bits per heavy atom. The number of hydrogen-bond donors (Lipinski definition) is 0. The third kappa shape index (κ3) is 3.97. The van der Waals surface area contributed by atoms with E-state index < -0.39 is 0 Å². The van der Waals surface area contributed by atoms with Gasteiger partial charge in [-0.05, 0) is 44.8 Å². The first-order chi connectivity index (χ1) is 13.3. The van der Waals surface area contributed by atoms with Crippen LogP contribution in [-0.4, -0.2) is 44.4 Å². The van der Waals surface area contributed by atoms with Crippen LogP contribution in [0.3, 0.4) is 0 Å². The second-order valence-electron chi connectivity index (χ2n) is 8.60. The molecule has 0 radical (unpaired) electrons. The maximum atomic E-state index is 5.68. The first kappa shape index (κ1) is 17.4. The Balaban J connectivity index is 1.19. The number of nitrogens with zero attached hydrogens (tertiary/aromatic N) is 5. The summed E-state index contributed by atoms with van der Waals surface area (Å²) in [6.07, 6.45) is 9.26. The van der Waals surface area contributed by atoms with Gasteiger partial charge in [0.25, 0.3) is 0 Å². The van der Waals surface area contributed by atoms with Gasteiger partial charge in [0.15, 0.2) is 5.76 Å². The fourth-order valence-corrected chi connectivity index (χ4v) is 4.98. The van der Waals surface area contributed by atoms with Gasteiger partial charge >= 0.3 is 0 Å². The van der Waals surface area contributed by atoms with Gasteiger partial charge in [-0.3, -0.25) is 14.5 Å². The van der Waals surface area contributed by atoms with E-state index in [1.165, 1.54) is 75.1 Å². The van der Waals surface area contributed by atoms with Gasteiger partial charge in [-0.25, -0.2) is 0 Å². The van der Waals surface area contributed by atoms with Crippen molar-refractivity contribution >= 4 is 0 Å². The highest BCUT2D eigenvalue weighted by Gasteiger charge is 2.23. The van der Waals surface area contributed by atoms with Crippen LogP contribution in [0.15, 0.2) is 16.7 Å². The second-order valence-corrected chi connectivity index (χ2v) is 8.60. The van der Waals surface area contributed by atoms with Crippen LogP contribution in [0.2, 0.25) is 0 Å². The monoisotopic (exact) mass is 369 g/mol. The molecule has 0 unspecified atom stereocenters. The highest BCUT2D eigenvalue weighted by atomic mass is 16.5. The van der Waals surface area contributed by atoms with Crippen molar-refractivity contribution in [3.8, 4) is 0 Å². The van der Waals surface area contributed by atoms with Crippen molar-refractivity contribution in [2.24, 2.45) is 0 Å². The SMILES string of the molecule is c1c(C2CCCCC2)noc1CN1CCn2nc(CN3CCCC3)cc2C1. The van der Waals surface area contributed by atoms with Crippen molar-refractivity contribution < 1.29 is 4.52 Å². The number of rotatable bonds is 5. The Bertz CT molecular complexity index is 754. The lowest BCUT2D eigenvalue weighted by molar-refractivity contribution is 0.183. The Hall–Kier alpha value is -1.66. The average molecular weight is 370 g/mol. The Kier molecular flexibility index (Phi) is 5.01. The summed E-state index contributed by atoms with van der Waals surface area (Å²) >= 11 is 0. The van der Waals surface area contributed by atoms with Crippen molar-refractivity contribution in [1.29, 1.82) is 0 Å². The van der Waals surface area contributed by atoms with Gasteiger partial charge in [0.05, 0.1) is 30.2 Å². The number of aromatic nitrogens is 3. The van der Waals surface area contributed by atoms with Crippen LogP contribution in [0.25, 0.3) is 0 Å².